The van der Waals surface area contributed by atoms with Crippen LogP contribution < -0.4 is 5.32 Å². The first-order chi connectivity index (χ1) is 8.58. The number of rotatable bonds is 3. The summed E-state index contributed by atoms with van der Waals surface area (Å²) in [5.74, 6) is 0.765. The van der Waals surface area contributed by atoms with Crippen LogP contribution in [0.5, 0.6) is 0 Å². The molecule has 0 aliphatic carbocycles. The fourth-order valence-electron chi connectivity index (χ4n) is 1.84. The number of nitrogens with zero attached hydrogens (tertiary/aromatic N) is 2. The van der Waals surface area contributed by atoms with Gasteiger partial charge in [-0.2, -0.15) is 0 Å². The highest BCUT2D eigenvalue weighted by Gasteiger charge is 2.14. The first-order valence-electron chi connectivity index (χ1n) is 5.92. The average Bonchev–Trinajstić information content (AvgIpc) is 2.76. The zero-order valence-electron chi connectivity index (χ0n) is 10.8. The first kappa shape index (κ1) is 12.4. The molecule has 1 N–H and O–H groups in total. The second-order valence-electron chi connectivity index (χ2n) is 4.46. The number of benzene rings is 1. The Morgan fingerprint density at radius 3 is 2.56 bits per heavy atom. The van der Waals surface area contributed by atoms with E-state index in [1.807, 2.05) is 55.9 Å². The van der Waals surface area contributed by atoms with Crippen molar-refractivity contribution in [3.63, 3.8) is 0 Å². The number of hydrogen-bond donors (Lipinski definition) is 1. The van der Waals surface area contributed by atoms with Crippen LogP contribution in [-0.2, 0) is 7.05 Å². The van der Waals surface area contributed by atoms with Gasteiger partial charge in [0, 0.05) is 25.0 Å². The molecule has 1 aromatic carbocycles. The Hall–Kier alpha value is -2.10. The van der Waals surface area contributed by atoms with Crippen molar-refractivity contribution < 1.29 is 4.79 Å². The van der Waals surface area contributed by atoms with Crippen LogP contribution in [0, 0.1) is 6.92 Å². The van der Waals surface area contributed by atoms with Crippen molar-refractivity contribution in [1.82, 2.24) is 14.9 Å². The molecule has 18 heavy (non-hydrogen) atoms. The summed E-state index contributed by atoms with van der Waals surface area (Å²) < 4.78 is 1.90. The van der Waals surface area contributed by atoms with Gasteiger partial charge in [-0.1, -0.05) is 17.7 Å². The SMILES string of the molecule is Cc1ccc(C(=O)NC(C)c2nccn2C)cc1. The molecule has 0 aliphatic rings. The molecule has 1 atom stereocenters. The van der Waals surface area contributed by atoms with Gasteiger partial charge in [-0.3, -0.25) is 4.79 Å². The minimum absolute atomic E-state index is 0.0782. The molecular weight excluding hydrogens is 226 g/mol. The van der Waals surface area contributed by atoms with Gasteiger partial charge in [0.1, 0.15) is 5.82 Å². The maximum absolute atomic E-state index is 12.0. The first-order valence-corrected chi connectivity index (χ1v) is 5.92. The number of aromatic nitrogens is 2. The molecule has 4 nitrogen and oxygen atoms in total. The zero-order chi connectivity index (χ0) is 13.1. The molecule has 1 aromatic heterocycles. The van der Waals surface area contributed by atoms with Crippen LogP contribution in [0.15, 0.2) is 36.7 Å². The third kappa shape index (κ3) is 2.59. The predicted octanol–water partition coefficient (Wildman–Crippen LogP) is 2.22. The minimum Gasteiger partial charge on any atom is -0.342 e. The number of imidazole rings is 1. The van der Waals surface area contributed by atoms with Crippen LogP contribution in [0.1, 0.15) is 34.7 Å². The summed E-state index contributed by atoms with van der Waals surface area (Å²) in [5.41, 5.74) is 1.81. The van der Waals surface area contributed by atoms with Gasteiger partial charge in [0.2, 0.25) is 0 Å². The Morgan fingerprint density at radius 2 is 2.00 bits per heavy atom. The molecule has 0 saturated carbocycles. The Balaban J connectivity index is 2.08. The van der Waals surface area contributed by atoms with E-state index in [1.54, 1.807) is 6.20 Å². The lowest BCUT2D eigenvalue weighted by molar-refractivity contribution is 0.0938. The molecule has 1 heterocycles. The lowest BCUT2D eigenvalue weighted by Gasteiger charge is -2.13. The molecule has 0 bridgehead atoms. The molecule has 0 fully saturated rings. The summed E-state index contributed by atoms with van der Waals surface area (Å²) >= 11 is 0. The summed E-state index contributed by atoms with van der Waals surface area (Å²) in [6.45, 7) is 3.92. The van der Waals surface area contributed by atoms with Crippen LogP contribution in [-0.4, -0.2) is 15.5 Å². The van der Waals surface area contributed by atoms with Crippen LogP contribution in [0.2, 0.25) is 0 Å². The number of carbonyl (C=O) groups excluding carboxylic acids is 1. The summed E-state index contributed by atoms with van der Waals surface area (Å²) in [6.07, 6.45) is 3.59. The van der Waals surface area contributed by atoms with E-state index in [9.17, 15) is 4.79 Å². The Labute approximate surface area is 107 Å². The molecule has 2 rings (SSSR count). The van der Waals surface area contributed by atoms with Crippen LogP contribution in [0.25, 0.3) is 0 Å². The molecule has 0 spiro atoms. The van der Waals surface area contributed by atoms with Crippen molar-refractivity contribution in [2.75, 3.05) is 0 Å². The van der Waals surface area contributed by atoms with Gasteiger partial charge in [0.05, 0.1) is 6.04 Å². The monoisotopic (exact) mass is 243 g/mol. The van der Waals surface area contributed by atoms with Gasteiger partial charge in [-0.25, -0.2) is 4.98 Å². The average molecular weight is 243 g/mol. The topological polar surface area (TPSA) is 46.9 Å². The lowest BCUT2D eigenvalue weighted by Crippen LogP contribution is -2.28. The fourth-order valence-corrected chi connectivity index (χ4v) is 1.84. The van der Waals surface area contributed by atoms with E-state index in [-0.39, 0.29) is 11.9 Å². The van der Waals surface area contributed by atoms with E-state index < -0.39 is 0 Å². The number of carbonyl (C=O) groups is 1. The van der Waals surface area contributed by atoms with E-state index in [0.29, 0.717) is 5.56 Å². The van der Waals surface area contributed by atoms with E-state index in [1.165, 1.54) is 0 Å². The number of aryl methyl sites for hydroxylation is 2. The fraction of sp³-hybridized carbons (Fsp3) is 0.286. The molecule has 1 unspecified atom stereocenters. The van der Waals surface area contributed by atoms with Crippen molar-refractivity contribution in [3.05, 3.63) is 53.6 Å². The predicted molar refractivity (Wildman–Crippen MR) is 70.3 cm³/mol. The normalized spacial score (nSPS) is 12.2. The van der Waals surface area contributed by atoms with Crippen LogP contribution in [0.3, 0.4) is 0 Å². The largest absolute Gasteiger partial charge is 0.342 e. The maximum atomic E-state index is 12.0. The molecule has 94 valence electrons. The lowest BCUT2D eigenvalue weighted by atomic mass is 10.1. The minimum atomic E-state index is -0.112. The van der Waals surface area contributed by atoms with E-state index in [2.05, 4.69) is 10.3 Å². The molecule has 1 amide bonds. The number of hydrogen-bond acceptors (Lipinski definition) is 2. The standard InChI is InChI=1S/C14H17N3O/c1-10-4-6-12(7-5-10)14(18)16-11(2)13-15-8-9-17(13)3/h4-9,11H,1-3H3,(H,16,18). The van der Waals surface area contributed by atoms with E-state index >= 15 is 0 Å². The van der Waals surface area contributed by atoms with Gasteiger partial charge in [-0.05, 0) is 26.0 Å². The second kappa shape index (κ2) is 5.04. The van der Waals surface area contributed by atoms with Gasteiger partial charge in [0.25, 0.3) is 5.91 Å². The summed E-state index contributed by atoms with van der Waals surface area (Å²) in [4.78, 5) is 16.2. The number of amides is 1. The molecule has 0 radical (unpaired) electrons. The third-order valence-corrected chi connectivity index (χ3v) is 2.91. The van der Waals surface area contributed by atoms with Gasteiger partial charge < -0.3 is 9.88 Å². The Kier molecular flexibility index (Phi) is 3.46. The second-order valence-corrected chi connectivity index (χ2v) is 4.46. The van der Waals surface area contributed by atoms with Crippen LogP contribution in [0.4, 0.5) is 0 Å². The van der Waals surface area contributed by atoms with Gasteiger partial charge in [-0.15, -0.1) is 0 Å². The van der Waals surface area contributed by atoms with Crippen molar-refractivity contribution in [2.24, 2.45) is 7.05 Å². The van der Waals surface area contributed by atoms with E-state index in [4.69, 9.17) is 0 Å². The van der Waals surface area contributed by atoms with Crippen LogP contribution >= 0.6 is 0 Å². The highest BCUT2D eigenvalue weighted by molar-refractivity contribution is 5.94. The zero-order valence-corrected chi connectivity index (χ0v) is 10.8. The van der Waals surface area contributed by atoms with Crippen molar-refractivity contribution in [1.29, 1.82) is 0 Å². The summed E-state index contributed by atoms with van der Waals surface area (Å²) in [7, 11) is 1.91. The molecule has 4 heteroatoms. The Morgan fingerprint density at radius 1 is 1.33 bits per heavy atom. The van der Waals surface area contributed by atoms with Crippen molar-refractivity contribution in [3.8, 4) is 0 Å². The Bertz CT molecular complexity index is 542. The number of nitrogens with one attached hydrogen (secondary N) is 1. The molecule has 0 saturated heterocycles. The summed E-state index contributed by atoms with van der Waals surface area (Å²) in [6, 6.07) is 7.41. The highest BCUT2D eigenvalue weighted by Crippen LogP contribution is 2.10. The van der Waals surface area contributed by atoms with Crippen molar-refractivity contribution >= 4 is 5.91 Å². The smallest absolute Gasteiger partial charge is 0.251 e. The third-order valence-electron chi connectivity index (χ3n) is 2.91. The van der Waals surface area contributed by atoms with Gasteiger partial charge >= 0.3 is 0 Å². The molecule has 0 aliphatic heterocycles. The summed E-state index contributed by atoms with van der Waals surface area (Å²) in [5, 5.41) is 2.94. The maximum Gasteiger partial charge on any atom is 0.251 e. The highest BCUT2D eigenvalue weighted by atomic mass is 16.1. The van der Waals surface area contributed by atoms with E-state index in [0.717, 1.165) is 11.4 Å². The molecule has 2 aromatic rings. The quantitative estimate of drug-likeness (QED) is 0.898. The van der Waals surface area contributed by atoms with Crippen molar-refractivity contribution in [2.45, 2.75) is 19.9 Å². The van der Waals surface area contributed by atoms with Gasteiger partial charge in [0.15, 0.2) is 0 Å². The molecular formula is C14H17N3O.